The summed E-state index contributed by atoms with van der Waals surface area (Å²) in [6.45, 7) is 5.48. The van der Waals surface area contributed by atoms with Gasteiger partial charge in [0.2, 0.25) is 0 Å². The molecule has 2 rings (SSSR count). The van der Waals surface area contributed by atoms with Gasteiger partial charge in [0.05, 0.1) is 12.7 Å². The first-order chi connectivity index (χ1) is 5.75. The van der Waals surface area contributed by atoms with E-state index in [1.54, 1.807) is 5.57 Å². The molecule has 0 amide bonds. The average Bonchev–Trinajstić information content (AvgIpc) is 2.05. The second kappa shape index (κ2) is 3.21. The van der Waals surface area contributed by atoms with Crippen molar-refractivity contribution in [2.24, 2.45) is 11.8 Å². The zero-order chi connectivity index (χ0) is 8.55. The van der Waals surface area contributed by atoms with Gasteiger partial charge in [-0.15, -0.1) is 0 Å². The second-order valence-electron chi connectivity index (χ2n) is 4.40. The van der Waals surface area contributed by atoms with Gasteiger partial charge >= 0.3 is 0 Å². The maximum atomic E-state index is 5.65. The predicted octanol–water partition coefficient (Wildman–Crippen LogP) is 2.77. The van der Waals surface area contributed by atoms with E-state index in [2.05, 4.69) is 19.9 Å². The molecule has 0 saturated carbocycles. The van der Waals surface area contributed by atoms with Gasteiger partial charge in [0, 0.05) is 5.92 Å². The van der Waals surface area contributed by atoms with Gasteiger partial charge in [0.1, 0.15) is 0 Å². The Morgan fingerprint density at radius 2 is 2.25 bits per heavy atom. The summed E-state index contributed by atoms with van der Waals surface area (Å²) in [5, 5.41) is 0. The Morgan fingerprint density at radius 3 is 3.08 bits per heavy atom. The molecule has 1 fully saturated rings. The van der Waals surface area contributed by atoms with Gasteiger partial charge in [0.15, 0.2) is 0 Å². The van der Waals surface area contributed by atoms with Crippen LogP contribution in [-0.2, 0) is 4.74 Å². The largest absolute Gasteiger partial charge is 0.378 e. The molecule has 3 unspecified atom stereocenters. The molecular formula is C11H18O. The maximum Gasteiger partial charge on any atom is 0.0584 e. The first-order valence-electron chi connectivity index (χ1n) is 5.06. The number of allylic oxidation sites excluding steroid dienone is 1. The SMILES string of the molecule is CC1CC=C2CC(C)OCC2C1. The van der Waals surface area contributed by atoms with E-state index in [0.717, 1.165) is 18.4 Å². The minimum atomic E-state index is 0.459. The summed E-state index contributed by atoms with van der Waals surface area (Å²) < 4.78 is 5.65. The van der Waals surface area contributed by atoms with Crippen LogP contribution < -0.4 is 0 Å². The van der Waals surface area contributed by atoms with E-state index in [4.69, 9.17) is 4.74 Å². The lowest BCUT2D eigenvalue weighted by molar-refractivity contribution is 0.0134. The van der Waals surface area contributed by atoms with Crippen molar-refractivity contribution >= 4 is 0 Å². The van der Waals surface area contributed by atoms with E-state index in [1.807, 2.05) is 0 Å². The molecule has 1 heterocycles. The van der Waals surface area contributed by atoms with Crippen molar-refractivity contribution in [3.8, 4) is 0 Å². The molecule has 0 N–H and O–H groups in total. The van der Waals surface area contributed by atoms with Crippen molar-refractivity contribution in [1.29, 1.82) is 0 Å². The van der Waals surface area contributed by atoms with Crippen LogP contribution >= 0.6 is 0 Å². The highest BCUT2D eigenvalue weighted by Gasteiger charge is 2.27. The van der Waals surface area contributed by atoms with Gasteiger partial charge in [-0.2, -0.15) is 0 Å². The Kier molecular flexibility index (Phi) is 2.22. The van der Waals surface area contributed by atoms with Crippen molar-refractivity contribution in [3.05, 3.63) is 11.6 Å². The monoisotopic (exact) mass is 166 g/mol. The van der Waals surface area contributed by atoms with Crippen LogP contribution in [0, 0.1) is 11.8 Å². The van der Waals surface area contributed by atoms with Gasteiger partial charge in [-0.05, 0) is 32.1 Å². The quantitative estimate of drug-likeness (QED) is 0.503. The number of hydrogen-bond acceptors (Lipinski definition) is 1. The van der Waals surface area contributed by atoms with E-state index in [0.29, 0.717) is 6.10 Å². The molecule has 1 saturated heterocycles. The third-order valence-electron chi connectivity index (χ3n) is 3.10. The Bertz CT molecular complexity index is 195. The fourth-order valence-electron chi connectivity index (χ4n) is 2.35. The third kappa shape index (κ3) is 1.56. The minimum absolute atomic E-state index is 0.459. The summed E-state index contributed by atoms with van der Waals surface area (Å²) in [6, 6.07) is 0. The maximum absolute atomic E-state index is 5.65. The van der Waals surface area contributed by atoms with E-state index >= 15 is 0 Å². The summed E-state index contributed by atoms with van der Waals surface area (Å²) in [5.74, 6) is 1.63. The van der Waals surface area contributed by atoms with Gasteiger partial charge in [0.25, 0.3) is 0 Å². The third-order valence-corrected chi connectivity index (χ3v) is 3.10. The van der Waals surface area contributed by atoms with Crippen LogP contribution in [0.2, 0.25) is 0 Å². The first kappa shape index (κ1) is 8.31. The lowest BCUT2D eigenvalue weighted by atomic mass is 9.79. The highest BCUT2D eigenvalue weighted by atomic mass is 16.5. The molecular weight excluding hydrogens is 148 g/mol. The summed E-state index contributed by atoms with van der Waals surface area (Å²) in [5.41, 5.74) is 1.67. The van der Waals surface area contributed by atoms with Crippen LogP contribution in [0.25, 0.3) is 0 Å². The molecule has 0 aromatic heterocycles. The molecule has 1 nitrogen and oxygen atoms in total. The number of ether oxygens (including phenoxy) is 1. The smallest absolute Gasteiger partial charge is 0.0584 e. The normalized spacial score (nSPS) is 41.8. The van der Waals surface area contributed by atoms with Crippen LogP contribution in [0.4, 0.5) is 0 Å². The summed E-state index contributed by atoms with van der Waals surface area (Å²) in [6.07, 6.45) is 6.73. The molecule has 0 radical (unpaired) electrons. The van der Waals surface area contributed by atoms with Crippen LogP contribution in [0.15, 0.2) is 11.6 Å². The molecule has 2 aliphatic rings. The van der Waals surface area contributed by atoms with Crippen molar-refractivity contribution in [2.45, 2.75) is 39.2 Å². The van der Waals surface area contributed by atoms with E-state index in [1.165, 1.54) is 19.3 Å². The Morgan fingerprint density at radius 1 is 1.42 bits per heavy atom. The molecule has 12 heavy (non-hydrogen) atoms. The Balaban J connectivity index is 2.07. The topological polar surface area (TPSA) is 9.23 Å². The summed E-state index contributed by atoms with van der Waals surface area (Å²) in [4.78, 5) is 0. The molecule has 0 bridgehead atoms. The molecule has 0 spiro atoms. The highest BCUT2D eigenvalue weighted by molar-refractivity contribution is 5.13. The van der Waals surface area contributed by atoms with Gasteiger partial charge in [-0.3, -0.25) is 0 Å². The van der Waals surface area contributed by atoms with Gasteiger partial charge < -0.3 is 4.74 Å². The molecule has 68 valence electrons. The van der Waals surface area contributed by atoms with Crippen molar-refractivity contribution < 1.29 is 4.74 Å². The first-order valence-corrected chi connectivity index (χ1v) is 5.06. The van der Waals surface area contributed by atoms with Crippen LogP contribution in [0.1, 0.15) is 33.1 Å². The average molecular weight is 166 g/mol. The number of hydrogen-bond donors (Lipinski definition) is 0. The highest BCUT2D eigenvalue weighted by Crippen LogP contribution is 2.35. The molecule has 1 aliphatic heterocycles. The molecule has 1 heteroatoms. The summed E-state index contributed by atoms with van der Waals surface area (Å²) >= 11 is 0. The molecule has 1 aliphatic carbocycles. The summed E-state index contributed by atoms with van der Waals surface area (Å²) in [7, 11) is 0. The van der Waals surface area contributed by atoms with Gasteiger partial charge in [-0.1, -0.05) is 18.6 Å². The zero-order valence-corrected chi connectivity index (χ0v) is 8.05. The van der Waals surface area contributed by atoms with E-state index < -0.39 is 0 Å². The van der Waals surface area contributed by atoms with E-state index in [-0.39, 0.29) is 0 Å². The number of fused-ring (bicyclic) bond motifs is 1. The molecule has 3 atom stereocenters. The minimum Gasteiger partial charge on any atom is -0.378 e. The Hall–Kier alpha value is -0.300. The lowest BCUT2D eigenvalue weighted by Gasteiger charge is -2.34. The van der Waals surface area contributed by atoms with Crippen molar-refractivity contribution in [3.63, 3.8) is 0 Å². The van der Waals surface area contributed by atoms with Crippen LogP contribution in [-0.4, -0.2) is 12.7 Å². The lowest BCUT2D eigenvalue weighted by Crippen LogP contribution is -2.29. The Labute approximate surface area is 74.8 Å². The molecule has 0 aromatic rings. The van der Waals surface area contributed by atoms with Crippen molar-refractivity contribution in [1.82, 2.24) is 0 Å². The second-order valence-corrected chi connectivity index (χ2v) is 4.40. The standard InChI is InChI=1S/C11H18O/c1-8-3-4-10-6-9(2)12-7-11(10)5-8/h4,8-9,11H,3,5-7H2,1-2H3. The van der Waals surface area contributed by atoms with Crippen molar-refractivity contribution in [2.75, 3.05) is 6.61 Å². The van der Waals surface area contributed by atoms with Crippen LogP contribution in [0.3, 0.4) is 0 Å². The fourth-order valence-corrected chi connectivity index (χ4v) is 2.35. The molecule has 0 aromatic carbocycles. The van der Waals surface area contributed by atoms with E-state index in [9.17, 15) is 0 Å². The predicted molar refractivity (Wildman–Crippen MR) is 50.0 cm³/mol. The fraction of sp³-hybridized carbons (Fsp3) is 0.818. The van der Waals surface area contributed by atoms with Gasteiger partial charge in [-0.25, -0.2) is 0 Å². The van der Waals surface area contributed by atoms with Crippen LogP contribution in [0.5, 0.6) is 0 Å². The number of rotatable bonds is 0. The zero-order valence-electron chi connectivity index (χ0n) is 8.05.